The molecule has 2 aromatic carbocycles. The lowest BCUT2D eigenvalue weighted by molar-refractivity contribution is -0.147. The van der Waals surface area contributed by atoms with Gasteiger partial charge in [0.1, 0.15) is 18.0 Å². The number of aliphatic hydroxyl groups is 4. The highest BCUT2D eigenvalue weighted by molar-refractivity contribution is 8.00. The average molecular weight is 451 g/mol. The minimum Gasteiger partial charge on any atom is -0.496 e. The zero-order valence-corrected chi connectivity index (χ0v) is 18.4. The lowest BCUT2D eigenvalue weighted by Crippen LogP contribution is -2.58. The normalized spacial score (nSPS) is 30.5. The maximum Gasteiger partial charge on any atom is 0.168 e. The number of ether oxygens (including phenoxy) is 2. The van der Waals surface area contributed by atoms with E-state index in [2.05, 4.69) is 24.3 Å². The van der Waals surface area contributed by atoms with Crippen LogP contribution in [0.15, 0.2) is 41.3 Å². The Morgan fingerprint density at radius 3 is 2.53 bits per heavy atom. The second-order valence-corrected chi connectivity index (χ2v) is 9.89. The predicted octanol–water partition coefficient (Wildman–Crippen LogP) is 1.88. The molecule has 6 nitrogen and oxygen atoms in total. The Hall–Kier alpha value is -1.26. The van der Waals surface area contributed by atoms with Gasteiger partial charge in [0.2, 0.25) is 0 Å². The van der Waals surface area contributed by atoms with E-state index in [0.717, 1.165) is 39.8 Å². The van der Waals surface area contributed by atoms with Crippen LogP contribution in [-0.2, 0) is 22.7 Å². The summed E-state index contributed by atoms with van der Waals surface area (Å²) in [5, 5.41) is 40.5. The number of hydrogen-bond donors (Lipinski definition) is 4. The van der Waals surface area contributed by atoms with E-state index in [4.69, 9.17) is 9.47 Å². The first kappa shape index (κ1) is 22.0. The molecular weight excluding hydrogens is 424 g/mol. The largest absolute Gasteiger partial charge is 0.496 e. The number of thioether (sulfide) groups is 2. The van der Waals surface area contributed by atoms with Crippen molar-refractivity contribution < 1.29 is 29.9 Å². The second kappa shape index (κ2) is 8.70. The number of aliphatic hydroxyl groups excluding tert-OH is 4. The van der Waals surface area contributed by atoms with E-state index in [1.54, 1.807) is 18.9 Å². The summed E-state index contributed by atoms with van der Waals surface area (Å²) < 4.78 is 11.6. The second-order valence-electron chi connectivity index (χ2n) is 7.57. The number of benzene rings is 2. The topological polar surface area (TPSA) is 99.4 Å². The summed E-state index contributed by atoms with van der Waals surface area (Å²) in [6.07, 6.45) is -1.31. The van der Waals surface area contributed by atoms with Crippen molar-refractivity contribution in [1.29, 1.82) is 0 Å². The van der Waals surface area contributed by atoms with Crippen LogP contribution < -0.4 is 4.74 Å². The van der Waals surface area contributed by atoms with Crippen LogP contribution in [0.3, 0.4) is 0 Å². The molecule has 2 aliphatic rings. The molecule has 0 bridgehead atoms. The van der Waals surface area contributed by atoms with Crippen LogP contribution in [0.4, 0.5) is 0 Å². The van der Waals surface area contributed by atoms with Gasteiger partial charge >= 0.3 is 0 Å². The fraction of sp³-hybridized carbons (Fsp3) is 0.455. The summed E-state index contributed by atoms with van der Waals surface area (Å²) in [6.45, 7) is -0.0831. The maximum absolute atomic E-state index is 10.9. The smallest absolute Gasteiger partial charge is 0.168 e. The van der Waals surface area contributed by atoms with Crippen molar-refractivity contribution in [2.75, 3.05) is 20.0 Å². The average Bonchev–Trinajstić information content (AvgIpc) is 3.13. The Bertz CT molecular complexity index is 903. The molecular formula is C22H26O6S2. The number of methoxy groups -OCH3 is 1. The lowest BCUT2D eigenvalue weighted by atomic mass is 9.90. The zero-order chi connectivity index (χ0) is 21.5. The van der Waals surface area contributed by atoms with E-state index in [1.165, 1.54) is 4.90 Å². The summed E-state index contributed by atoms with van der Waals surface area (Å²) in [7, 11) is 1.62. The Morgan fingerprint density at radius 2 is 1.90 bits per heavy atom. The van der Waals surface area contributed by atoms with Gasteiger partial charge in [0.25, 0.3) is 0 Å². The van der Waals surface area contributed by atoms with Crippen molar-refractivity contribution in [3.05, 3.63) is 58.7 Å². The summed E-state index contributed by atoms with van der Waals surface area (Å²) in [4.78, 5) is -0.0539. The van der Waals surface area contributed by atoms with Gasteiger partial charge in [-0.05, 0) is 47.2 Å². The Labute approximate surface area is 184 Å². The van der Waals surface area contributed by atoms with Gasteiger partial charge in [-0.2, -0.15) is 0 Å². The van der Waals surface area contributed by atoms with Crippen LogP contribution in [0.1, 0.15) is 22.3 Å². The molecule has 0 aliphatic carbocycles. The molecule has 4 N–H and O–H groups in total. The molecule has 0 saturated carbocycles. The highest BCUT2D eigenvalue weighted by Crippen LogP contribution is 2.55. The lowest BCUT2D eigenvalue weighted by Gasteiger charge is -2.45. The molecule has 8 heteroatoms. The standard InChI is InChI=1S/C22H26O6S2/c1-27-17-9-14-11-28-22(21(26)20(25)19(24)18(10-23)30-22)16(14)8-13(17)7-12-3-5-15(29-2)6-4-12/h3-6,8-9,18-21,23-26H,7,10-11H2,1-2H3/t18-,19-,20+,21-,22+/m1/s1. The van der Waals surface area contributed by atoms with Crippen LogP contribution in [0.5, 0.6) is 5.75 Å². The molecule has 5 atom stereocenters. The van der Waals surface area contributed by atoms with Crippen molar-refractivity contribution in [2.45, 2.75) is 46.4 Å². The van der Waals surface area contributed by atoms with E-state index in [9.17, 15) is 20.4 Å². The van der Waals surface area contributed by atoms with Crippen LogP contribution in [0, 0.1) is 0 Å². The van der Waals surface area contributed by atoms with Crippen LogP contribution >= 0.6 is 23.5 Å². The van der Waals surface area contributed by atoms with Gasteiger partial charge in [-0.25, -0.2) is 0 Å². The SMILES string of the molecule is COc1cc2c(cc1Cc1ccc(SC)cc1)[C@]1(OC2)S[C@H](CO)[C@@H](O)[C@H](O)[C@H]1O. The minimum absolute atomic E-state index is 0.249. The third-order valence-corrected chi connectivity index (χ3v) is 8.23. The summed E-state index contributed by atoms with van der Waals surface area (Å²) in [6, 6.07) is 12.2. The van der Waals surface area contributed by atoms with Crippen molar-refractivity contribution in [1.82, 2.24) is 0 Å². The minimum atomic E-state index is -1.42. The van der Waals surface area contributed by atoms with Gasteiger partial charge in [-0.3, -0.25) is 0 Å². The fourth-order valence-electron chi connectivity index (χ4n) is 4.15. The third-order valence-electron chi connectivity index (χ3n) is 5.83. The van der Waals surface area contributed by atoms with Gasteiger partial charge in [0.05, 0.1) is 31.7 Å². The zero-order valence-electron chi connectivity index (χ0n) is 16.8. The molecule has 162 valence electrons. The molecule has 1 saturated heterocycles. The van der Waals surface area contributed by atoms with E-state index >= 15 is 0 Å². The van der Waals surface area contributed by atoms with Crippen LogP contribution in [0.25, 0.3) is 0 Å². The number of fused-ring (bicyclic) bond motifs is 2. The molecule has 2 aromatic rings. The third kappa shape index (κ3) is 3.64. The molecule has 4 rings (SSSR count). The molecule has 1 spiro atoms. The highest BCUT2D eigenvalue weighted by Gasteiger charge is 2.57. The van der Waals surface area contributed by atoms with E-state index in [1.807, 2.05) is 18.4 Å². The van der Waals surface area contributed by atoms with Crippen LogP contribution in [0.2, 0.25) is 0 Å². The maximum atomic E-state index is 10.9. The first-order valence-electron chi connectivity index (χ1n) is 9.73. The first-order valence-corrected chi connectivity index (χ1v) is 11.8. The monoisotopic (exact) mass is 450 g/mol. The van der Waals surface area contributed by atoms with Crippen molar-refractivity contribution in [2.24, 2.45) is 0 Å². The quantitative estimate of drug-likeness (QED) is 0.513. The van der Waals surface area contributed by atoms with Gasteiger partial charge in [-0.15, -0.1) is 23.5 Å². The fourth-order valence-corrected chi connectivity index (χ4v) is 6.10. The van der Waals surface area contributed by atoms with Gasteiger partial charge in [-0.1, -0.05) is 12.1 Å². The Morgan fingerprint density at radius 1 is 1.17 bits per heavy atom. The van der Waals surface area contributed by atoms with E-state index in [-0.39, 0.29) is 13.2 Å². The predicted molar refractivity (Wildman–Crippen MR) is 117 cm³/mol. The van der Waals surface area contributed by atoms with Gasteiger partial charge in [0, 0.05) is 16.9 Å². The summed E-state index contributed by atoms with van der Waals surface area (Å²) in [5.41, 5.74) is 3.67. The van der Waals surface area contributed by atoms with Crippen molar-refractivity contribution >= 4 is 23.5 Å². The molecule has 0 unspecified atom stereocenters. The van der Waals surface area contributed by atoms with Crippen molar-refractivity contribution in [3.8, 4) is 5.75 Å². The Kier molecular flexibility index (Phi) is 6.37. The highest BCUT2D eigenvalue weighted by atomic mass is 32.2. The Balaban J connectivity index is 1.73. The number of hydrogen-bond acceptors (Lipinski definition) is 8. The molecule has 2 heterocycles. The summed E-state index contributed by atoms with van der Waals surface area (Å²) in [5.74, 6) is 0.734. The van der Waals surface area contributed by atoms with Crippen molar-refractivity contribution in [3.63, 3.8) is 0 Å². The molecule has 0 aromatic heterocycles. The summed E-state index contributed by atoms with van der Waals surface area (Å²) >= 11 is 2.85. The molecule has 30 heavy (non-hydrogen) atoms. The first-order chi connectivity index (χ1) is 14.4. The van der Waals surface area contributed by atoms with Gasteiger partial charge < -0.3 is 29.9 Å². The van der Waals surface area contributed by atoms with E-state index in [0.29, 0.717) is 6.42 Å². The number of rotatable bonds is 5. The molecule has 2 aliphatic heterocycles. The van der Waals surface area contributed by atoms with E-state index < -0.39 is 28.5 Å². The van der Waals surface area contributed by atoms with Crippen LogP contribution in [-0.4, -0.2) is 64.0 Å². The van der Waals surface area contributed by atoms with Gasteiger partial charge in [0.15, 0.2) is 4.93 Å². The molecule has 0 radical (unpaired) electrons. The molecule has 0 amide bonds. The molecule has 1 fully saturated rings.